The van der Waals surface area contributed by atoms with Crippen LogP contribution in [-0.4, -0.2) is 31.9 Å². The topological polar surface area (TPSA) is 37.1 Å². The summed E-state index contributed by atoms with van der Waals surface area (Å²) in [7, 11) is 0. The van der Waals surface area contributed by atoms with Gasteiger partial charge in [0.2, 0.25) is 0 Å². The first-order valence-corrected chi connectivity index (χ1v) is 3.13. The third-order valence-electron chi connectivity index (χ3n) is 0.979. The van der Waals surface area contributed by atoms with Gasteiger partial charge in [0.15, 0.2) is 0 Å². The van der Waals surface area contributed by atoms with Gasteiger partial charge in [0.1, 0.15) is 6.67 Å². The number of hydrogen-bond acceptors (Lipinski definition) is 3. The predicted molar refractivity (Wildman–Crippen MR) is 44.4 cm³/mol. The molecule has 0 fully saturated rings. The van der Waals surface area contributed by atoms with E-state index in [2.05, 4.69) is 15.0 Å². The molecule has 0 aromatic heterocycles. The zero-order chi connectivity index (χ0) is 7.07. The van der Waals surface area contributed by atoms with E-state index in [0.717, 1.165) is 0 Å². The predicted octanol–water partition coefficient (Wildman–Crippen LogP) is 0.726. The number of allylic oxidation sites excluding steroid dienone is 1. The van der Waals surface area contributed by atoms with Crippen LogP contribution in [0, 0.1) is 0 Å². The SMILES string of the molecule is C1=CCN=CC=NCN=C1. The zero-order valence-electron chi connectivity index (χ0n) is 5.64. The number of rotatable bonds is 0. The maximum atomic E-state index is 4.01. The van der Waals surface area contributed by atoms with Gasteiger partial charge in [0.25, 0.3) is 0 Å². The van der Waals surface area contributed by atoms with Gasteiger partial charge < -0.3 is 0 Å². The second-order valence-electron chi connectivity index (χ2n) is 1.75. The van der Waals surface area contributed by atoms with Gasteiger partial charge in [-0.25, -0.2) is 0 Å². The van der Waals surface area contributed by atoms with Crippen molar-refractivity contribution in [2.45, 2.75) is 0 Å². The van der Waals surface area contributed by atoms with E-state index in [0.29, 0.717) is 13.2 Å². The van der Waals surface area contributed by atoms with Gasteiger partial charge in [0.05, 0.1) is 6.54 Å². The Hall–Kier alpha value is -1.25. The van der Waals surface area contributed by atoms with Crippen LogP contribution < -0.4 is 0 Å². The van der Waals surface area contributed by atoms with Gasteiger partial charge in [-0.3, -0.25) is 15.0 Å². The molecule has 0 bridgehead atoms. The Bertz CT molecular complexity index is 147. The summed E-state index contributed by atoms with van der Waals surface area (Å²) in [6.45, 7) is 1.20. The lowest BCUT2D eigenvalue weighted by Gasteiger charge is -1.84. The number of aliphatic imine (C=N–C) groups is 3. The van der Waals surface area contributed by atoms with Crippen LogP contribution in [-0.2, 0) is 0 Å². The summed E-state index contributed by atoms with van der Waals surface area (Å²) in [6.07, 6.45) is 8.90. The van der Waals surface area contributed by atoms with Crippen molar-refractivity contribution < 1.29 is 0 Å². The van der Waals surface area contributed by atoms with Crippen molar-refractivity contribution in [3.63, 3.8) is 0 Å². The van der Waals surface area contributed by atoms with E-state index in [9.17, 15) is 0 Å². The molecule has 0 saturated heterocycles. The lowest BCUT2D eigenvalue weighted by atomic mass is 10.5. The summed E-state index contributed by atoms with van der Waals surface area (Å²) in [5, 5.41) is 0. The van der Waals surface area contributed by atoms with Crippen LogP contribution in [0.4, 0.5) is 0 Å². The van der Waals surface area contributed by atoms with Gasteiger partial charge in [-0.2, -0.15) is 0 Å². The van der Waals surface area contributed by atoms with Crippen LogP contribution in [0.15, 0.2) is 27.1 Å². The highest BCUT2D eigenvalue weighted by atomic mass is 14.9. The normalized spacial score (nSPS) is 17.6. The molecule has 52 valence electrons. The highest BCUT2D eigenvalue weighted by Crippen LogP contribution is 1.76. The van der Waals surface area contributed by atoms with Crippen molar-refractivity contribution in [3.8, 4) is 0 Å². The second kappa shape index (κ2) is 4.61. The Morgan fingerprint density at radius 1 is 0.900 bits per heavy atom. The molecule has 10 heavy (non-hydrogen) atoms. The molecule has 1 heterocycles. The Morgan fingerprint density at radius 3 is 2.70 bits per heavy atom. The summed E-state index contributed by atoms with van der Waals surface area (Å²) in [5.74, 6) is 0. The third kappa shape index (κ3) is 2.91. The first kappa shape index (κ1) is 6.86. The van der Waals surface area contributed by atoms with Crippen molar-refractivity contribution in [3.05, 3.63) is 12.2 Å². The molecule has 0 radical (unpaired) electrons. The lowest BCUT2D eigenvalue weighted by Crippen LogP contribution is -1.84. The monoisotopic (exact) mass is 135 g/mol. The summed E-state index contributed by atoms with van der Waals surface area (Å²) in [6, 6.07) is 0. The van der Waals surface area contributed by atoms with Crippen LogP contribution in [0.3, 0.4) is 0 Å². The van der Waals surface area contributed by atoms with E-state index in [4.69, 9.17) is 0 Å². The first-order valence-electron chi connectivity index (χ1n) is 3.13. The Balaban J connectivity index is 2.50. The molecular weight excluding hydrogens is 126 g/mol. The molecule has 0 aromatic rings. The fourth-order valence-electron chi connectivity index (χ4n) is 0.540. The average Bonchev–Trinajstić information content (AvgIpc) is 2.01. The van der Waals surface area contributed by atoms with Crippen LogP contribution in [0.25, 0.3) is 0 Å². The Labute approximate surface area is 59.9 Å². The van der Waals surface area contributed by atoms with Crippen molar-refractivity contribution in [2.75, 3.05) is 13.2 Å². The molecule has 1 aliphatic rings. The van der Waals surface area contributed by atoms with Gasteiger partial charge in [-0.05, 0) is 6.08 Å². The molecule has 0 spiro atoms. The van der Waals surface area contributed by atoms with E-state index >= 15 is 0 Å². The van der Waals surface area contributed by atoms with Crippen LogP contribution >= 0.6 is 0 Å². The van der Waals surface area contributed by atoms with Crippen molar-refractivity contribution in [2.24, 2.45) is 15.0 Å². The van der Waals surface area contributed by atoms with Crippen molar-refractivity contribution >= 4 is 18.6 Å². The van der Waals surface area contributed by atoms with E-state index in [-0.39, 0.29) is 0 Å². The third-order valence-corrected chi connectivity index (χ3v) is 0.979. The van der Waals surface area contributed by atoms with Crippen molar-refractivity contribution in [1.29, 1.82) is 0 Å². The van der Waals surface area contributed by atoms with Gasteiger partial charge in [-0.1, -0.05) is 6.08 Å². The maximum absolute atomic E-state index is 4.01. The van der Waals surface area contributed by atoms with E-state index in [1.54, 1.807) is 18.6 Å². The Morgan fingerprint density at radius 2 is 1.70 bits per heavy atom. The zero-order valence-corrected chi connectivity index (χ0v) is 5.64. The first-order chi connectivity index (χ1) is 5.00. The minimum Gasteiger partial charge on any atom is -0.287 e. The molecule has 0 unspecified atom stereocenters. The van der Waals surface area contributed by atoms with Crippen LogP contribution in [0.2, 0.25) is 0 Å². The molecule has 0 aliphatic carbocycles. The molecule has 1 rings (SSSR count). The van der Waals surface area contributed by atoms with Crippen LogP contribution in [0.1, 0.15) is 0 Å². The van der Waals surface area contributed by atoms with E-state index in [1.165, 1.54) is 0 Å². The number of hydrogen-bond donors (Lipinski definition) is 0. The van der Waals surface area contributed by atoms with E-state index < -0.39 is 0 Å². The molecule has 1 aliphatic heterocycles. The average molecular weight is 135 g/mol. The summed E-state index contributed by atoms with van der Waals surface area (Å²) < 4.78 is 0. The summed E-state index contributed by atoms with van der Waals surface area (Å²) in [5.41, 5.74) is 0. The number of nitrogens with zero attached hydrogens (tertiary/aromatic N) is 3. The summed E-state index contributed by atoms with van der Waals surface area (Å²) >= 11 is 0. The van der Waals surface area contributed by atoms with Gasteiger partial charge in [0, 0.05) is 18.6 Å². The summed E-state index contributed by atoms with van der Waals surface area (Å²) in [4.78, 5) is 11.9. The largest absolute Gasteiger partial charge is 0.287 e. The van der Waals surface area contributed by atoms with Gasteiger partial charge in [-0.15, -0.1) is 0 Å². The maximum Gasteiger partial charge on any atom is 0.129 e. The highest BCUT2D eigenvalue weighted by molar-refractivity contribution is 6.16. The quantitative estimate of drug-likeness (QED) is 0.469. The minimum absolute atomic E-state index is 0.496. The van der Waals surface area contributed by atoms with Crippen LogP contribution in [0.5, 0.6) is 0 Å². The standard InChI is InChI=1S/C7H9N3/c1-2-4-9-7-10-6-5-8-3-1/h1-2,4-6H,3,7H2. The smallest absolute Gasteiger partial charge is 0.129 e. The molecule has 0 aromatic carbocycles. The highest BCUT2D eigenvalue weighted by Gasteiger charge is 1.73. The molecular formula is C7H9N3. The fraction of sp³-hybridized carbons (Fsp3) is 0.286. The molecule has 3 heteroatoms. The minimum atomic E-state index is 0.496. The molecule has 0 atom stereocenters. The van der Waals surface area contributed by atoms with E-state index in [1.807, 2.05) is 12.2 Å². The fourth-order valence-corrected chi connectivity index (χ4v) is 0.540. The molecule has 0 saturated carbocycles. The van der Waals surface area contributed by atoms with Crippen molar-refractivity contribution in [1.82, 2.24) is 0 Å². The Kier molecular flexibility index (Phi) is 3.17. The molecule has 3 nitrogen and oxygen atoms in total. The second-order valence-corrected chi connectivity index (χ2v) is 1.75. The lowest BCUT2D eigenvalue weighted by molar-refractivity contribution is 1.09. The van der Waals surface area contributed by atoms with Gasteiger partial charge >= 0.3 is 0 Å². The molecule has 0 N–H and O–H groups in total. The molecule has 0 amide bonds.